The number of ether oxygens (including phenoxy) is 2. The van der Waals surface area contributed by atoms with E-state index in [4.69, 9.17) is 4.74 Å². The molecule has 1 atom stereocenters. The van der Waals surface area contributed by atoms with E-state index in [1.807, 2.05) is 6.92 Å². The van der Waals surface area contributed by atoms with Crippen molar-refractivity contribution in [1.82, 2.24) is 10.6 Å². The standard InChI is InChI=1S/C15H20F2N2O3.ClH/c1-9(11-6-18-7-11)14(20)19-8-10-5-12(21-2)3-4-13(10)22-15(16)17;/h3-5,9,11,15,18H,6-8H2,1-2H3,(H,19,20);1H. The highest BCUT2D eigenvalue weighted by Crippen LogP contribution is 2.26. The number of carbonyl (C=O) groups is 1. The molecule has 5 nitrogen and oxygen atoms in total. The van der Waals surface area contributed by atoms with Crippen molar-refractivity contribution in [1.29, 1.82) is 0 Å². The molecule has 1 aromatic carbocycles. The minimum atomic E-state index is -2.91. The van der Waals surface area contributed by atoms with Gasteiger partial charge in [-0.15, -0.1) is 12.4 Å². The van der Waals surface area contributed by atoms with Gasteiger partial charge in [0.25, 0.3) is 0 Å². The Morgan fingerprint density at radius 2 is 2.13 bits per heavy atom. The molecule has 1 heterocycles. The van der Waals surface area contributed by atoms with Crippen LogP contribution in [-0.4, -0.2) is 32.7 Å². The number of nitrogens with one attached hydrogen (secondary N) is 2. The molecule has 0 saturated carbocycles. The number of halogens is 3. The van der Waals surface area contributed by atoms with E-state index in [9.17, 15) is 13.6 Å². The summed E-state index contributed by atoms with van der Waals surface area (Å²) >= 11 is 0. The van der Waals surface area contributed by atoms with Crippen LogP contribution in [0.2, 0.25) is 0 Å². The van der Waals surface area contributed by atoms with Crippen molar-refractivity contribution in [3.05, 3.63) is 23.8 Å². The average molecular weight is 351 g/mol. The average Bonchev–Trinajstić information content (AvgIpc) is 2.43. The second kappa shape index (κ2) is 8.88. The second-order valence-electron chi connectivity index (χ2n) is 5.28. The molecule has 8 heteroatoms. The Morgan fingerprint density at radius 3 is 2.65 bits per heavy atom. The minimum Gasteiger partial charge on any atom is -0.497 e. The lowest BCUT2D eigenvalue weighted by atomic mass is 9.88. The van der Waals surface area contributed by atoms with Gasteiger partial charge in [-0.1, -0.05) is 6.92 Å². The molecule has 1 aromatic rings. The highest BCUT2D eigenvalue weighted by molar-refractivity contribution is 5.85. The summed E-state index contributed by atoms with van der Waals surface area (Å²) in [4.78, 5) is 12.1. The fourth-order valence-corrected chi connectivity index (χ4v) is 2.25. The molecular formula is C15H21ClF2N2O3. The molecular weight excluding hydrogens is 330 g/mol. The zero-order valence-corrected chi connectivity index (χ0v) is 13.8. The van der Waals surface area contributed by atoms with Crippen LogP contribution in [-0.2, 0) is 11.3 Å². The molecule has 130 valence electrons. The molecule has 23 heavy (non-hydrogen) atoms. The summed E-state index contributed by atoms with van der Waals surface area (Å²) in [6, 6.07) is 4.52. The van der Waals surface area contributed by atoms with Gasteiger partial charge in [0.05, 0.1) is 7.11 Å². The molecule has 2 rings (SSSR count). The SMILES string of the molecule is COc1ccc(OC(F)F)c(CNC(=O)C(C)C2CNC2)c1.Cl. The van der Waals surface area contributed by atoms with E-state index in [2.05, 4.69) is 15.4 Å². The predicted octanol–water partition coefficient (Wildman–Crippen LogP) is 2.19. The largest absolute Gasteiger partial charge is 0.497 e. The van der Waals surface area contributed by atoms with Crippen molar-refractivity contribution >= 4 is 18.3 Å². The lowest BCUT2D eigenvalue weighted by Crippen LogP contribution is -2.49. The van der Waals surface area contributed by atoms with Crippen molar-refractivity contribution < 1.29 is 23.0 Å². The van der Waals surface area contributed by atoms with E-state index in [-0.39, 0.29) is 36.5 Å². The first-order valence-electron chi connectivity index (χ1n) is 7.11. The normalized spacial score (nSPS) is 15.3. The van der Waals surface area contributed by atoms with Gasteiger partial charge < -0.3 is 20.1 Å². The smallest absolute Gasteiger partial charge is 0.387 e. The van der Waals surface area contributed by atoms with Crippen molar-refractivity contribution in [2.24, 2.45) is 11.8 Å². The summed E-state index contributed by atoms with van der Waals surface area (Å²) < 4.78 is 34.4. The van der Waals surface area contributed by atoms with Crippen LogP contribution in [0.4, 0.5) is 8.78 Å². The third kappa shape index (κ3) is 5.21. The highest BCUT2D eigenvalue weighted by atomic mass is 35.5. The molecule has 1 saturated heterocycles. The number of hydrogen-bond donors (Lipinski definition) is 2. The van der Waals surface area contributed by atoms with Gasteiger partial charge in [-0.25, -0.2) is 0 Å². The molecule has 1 aliphatic heterocycles. The maximum Gasteiger partial charge on any atom is 0.387 e. The molecule has 1 unspecified atom stereocenters. The van der Waals surface area contributed by atoms with Gasteiger partial charge in [-0.3, -0.25) is 4.79 Å². The van der Waals surface area contributed by atoms with Gasteiger partial charge in [0.1, 0.15) is 11.5 Å². The van der Waals surface area contributed by atoms with Crippen LogP contribution in [0.3, 0.4) is 0 Å². The monoisotopic (exact) mass is 350 g/mol. The first-order chi connectivity index (χ1) is 10.5. The third-order valence-electron chi connectivity index (χ3n) is 3.87. The van der Waals surface area contributed by atoms with Gasteiger partial charge in [-0.05, 0) is 37.2 Å². The molecule has 1 fully saturated rings. The van der Waals surface area contributed by atoms with Crippen LogP contribution in [0.1, 0.15) is 12.5 Å². The molecule has 2 N–H and O–H groups in total. The summed E-state index contributed by atoms with van der Waals surface area (Å²) in [5.74, 6) is 0.655. The zero-order chi connectivity index (χ0) is 16.1. The van der Waals surface area contributed by atoms with E-state index in [0.717, 1.165) is 13.1 Å². The summed E-state index contributed by atoms with van der Waals surface area (Å²) in [5, 5.41) is 5.88. The number of methoxy groups -OCH3 is 1. The van der Waals surface area contributed by atoms with Gasteiger partial charge in [-0.2, -0.15) is 8.78 Å². The number of carbonyl (C=O) groups excluding carboxylic acids is 1. The molecule has 0 spiro atoms. The Kier molecular flexibility index (Phi) is 7.51. The third-order valence-corrected chi connectivity index (χ3v) is 3.87. The van der Waals surface area contributed by atoms with Crippen LogP contribution in [0.25, 0.3) is 0 Å². The van der Waals surface area contributed by atoms with E-state index in [1.165, 1.54) is 19.2 Å². The Balaban J connectivity index is 0.00000264. The Hall–Kier alpha value is -1.60. The lowest BCUT2D eigenvalue weighted by Gasteiger charge is -2.31. The number of benzene rings is 1. The fourth-order valence-electron chi connectivity index (χ4n) is 2.25. The minimum absolute atomic E-state index is 0. The summed E-state index contributed by atoms with van der Waals surface area (Å²) in [6.07, 6.45) is 0. The van der Waals surface area contributed by atoms with Crippen molar-refractivity contribution in [2.45, 2.75) is 20.1 Å². The van der Waals surface area contributed by atoms with Crippen molar-refractivity contribution in [3.63, 3.8) is 0 Å². The van der Waals surface area contributed by atoms with E-state index in [1.54, 1.807) is 6.07 Å². The highest BCUT2D eigenvalue weighted by Gasteiger charge is 2.28. The van der Waals surface area contributed by atoms with Crippen LogP contribution in [0.5, 0.6) is 11.5 Å². The first kappa shape index (κ1) is 19.4. The zero-order valence-electron chi connectivity index (χ0n) is 13.0. The molecule has 0 radical (unpaired) electrons. The Morgan fingerprint density at radius 1 is 1.43 bits per heavy atom. The number of rotatable bonds is 7. The van der Waals surface area contributed by atoms with E-state index >= 15 is 0 Å². The van der Waals surface area contributed by atoms with Gasteiger partial charge in [0, 0.05) is 18.0 Å². The topological polar surface area (TPSA) is 59.6 Å². The lowest BCUT2D eigenvalue weighted by molar-refractivity contribution is -0.126. The van der Waals surface area contributed by atoms with Crippen LogP contribution < -0.4 is 20.1 Å². The van der Waals surface area contributed by atoms with Crippen molar-refractivity contribution in [2.75, 3.05) is 20.2 Å². The van der Waals surface area contributed by atoms with Gasteiger partial charge in [0.2, 0.25) is 5.91 Å². The van der Waals surface area contributed by atoms with Crippen LogP contribution in [0, 0.1) is 11.8 Å². The van der Waals surface area contributed by atoms with E-state index < -0.39 is 6.61 Å². The maximum absolute atomic E-state index is 12.4. The fraction of sp³-hybridized carbons (Fsp3) is 0.533. The molecule has 1 amide bonds. The second-order valence-corrected chi connectivity index (χ2v) is 5.28. The number of amides is 1. The van der Waals surface area contributed by atoms with E-state index in [0.29, 0.717) is 17.2 Å². The summed E-state index contributed by atoms with van der Waals surface area (Å²) in [5.41, 5.74) is 0.451. The van der Waals surface area contributed by atoms with Crippen molar-refractivity contribution in [3.8, 4) is 11.5 Å². The molecule has 0 bridgehead atoms. The summed E-state index contributed by atoms with van der Waals surface area (Å²) in [6.45, 7) is 0.717. The van der Waals surface area contributed by atoms with Crippen LogP contribution >= 0.6 is 12.4 Å². The Labute approximate surface area is 140 Å². The number of hydrogen-bond acceptors (Lipinski definition) is 4. The summed E-state index contributed by atoms with van der Waals surface area (Å²) in [7, 11) is 1.48. The Bertz CT molecular complexity index is 527. The predicted molar refractivity (Wildman–Crippen MR) is 84.2 cm³/mol. The van der Waals surface area contributed by atoms with Gasteiger partial charge in [0.15, 0.2) is 0 Å². The number of alkyl halides is 2. The maximum atomic E-state index is 12.4. The van der Waals surface area contributed by atoms with Gasteiger partial charge >= 0.3 is 6.61 Å². The van der Waals surface area contributed by atoms with Crippen LogP contribution in [0.15, 0.2) is 18.2 Å². The molecule has 1 aliphatic rings. The quantitative estimate of drug-likeness (QED) is 0.791. The molecule has 0 aromatic heterocycles. The first-order valence-corrected chi connectivity index (χ1v) is 7.11. The molecule has 0 aliphatic carbocycles.